The summed E-state index contributed by atoms with van der Waals surface area (Å²) in [6, 6.07) is 5.15. The standard InChI is InChI=1S/C16H23N3O2/c1-10-6-7-18-14(8-10)16(21)19-13-5-4-12(9-11(13)2)15(20)17-3/h4-5,9-10,14,18H,6-8H2,1-3H3,(H,17,20)(H,19,21). The molecule has 1 saturated heterocycles. The first-order chi connectivity index (χ1) is 10.0. The number of carbonyl (C=O) groups is 2. The molecule has 5 nitrogen and oxygen atoms in total. The van der Waals surface area contributed by atoms with Gasteiger partial charge >= 0.3 is 0 Å². The summed E-state index contributed by atoms with van der Waals surface area (Å²) in [6.45, 7) is 4.94. The molecule has 0 radical (unpaired) electrons. The third kappa shape index (κ3) is 3.82. The molecule has 5 heteroatoms. The Morgan fingerprint density at radius 2 is 2.10 bits per heavy atom. The molecule has 0 saturated carbocycles. The van der Waals surface area contributed by atoms with Crippen LogP contribution in [0.3, 0.4) is 0 Å². The Bertz CT molecular complexity index is 542. The van der Waals surface area contributed by atoms with E-state index in [2.05, 4.69) is 22.9 Å². The Kier molecular flexibility index (Phi) is 4.96. The van der Waals surface area contributed by atoms with Gasteiger partial charge in [-0.25, -0.2) is 0 Å². The van der Waals surface area contributed by atoms with Crippen molar-refractivity contribution >= 4 is 17.5 Å². The van der Waals surface area contributed by atoms with Crippen LogP contribution in [0.5, 0.6) is 0 Å². The Balaban J connectivity index is 2.05. The maximum atomic E-state index is 12.3. The summed E-state index contributed by atoms with van der Waals surface area (Å²) in [6.07, 6.45) is 1.98. The molecule has 2 atom stereocenters. The minimum absolute atomic E-state index is 0.00246. The number of carbonyl (C=O) groups excluding carboxylic acids is 2. The summed E-state index contributed by atoms with van der Waals surface area (Å²) in [5.41, 5.74) is 2.23. The molecule has 1 heterocycles. The van der Waals surface area contributed by atoms with E-state index in [1.54, 1.807) is 25.2 Å². The predicted octanol–water partition coefficient (Wildman–Crippen LogP) is 1.68. The van der Waals surface area contributed by atoms with Crippen LogP contribution in [-0.2, 0) is 4.79 Å². The zero-order chi connectivity index (χ0) is 15.4. The number of anilines is 1. The lowest BCUT2D eigenvalue weighted by atomic mass is 9.94. The Labute approximate surface area is 125 Å². The number of hydrogen-bond donors (Lipinski definition) is 3. The molecule has 2 rings (SSSR count). The molecule has 114 valence electrons. The summed E-state index contributed by atoms with van der Waals surface area (Å²) < 4.78 is 0. The minimum Gasteiger partial charge on any atom is -0.355 e. The van der Waals surface area contributed by atoms with E-state index in [0.29, 0.717) is 11.5 Å². The number of aryl methyl sites for hydroxylation is 1. The van der Waals surface area contributed by atoms with Crippen molar-refractivity contribution < 1.29 is 9.59 Å². The molecule has 1 aromatic carbocycles. The molecule has 1 aliphatic rings. The highest BCUT2D eigenvalue weighted by Crippen LogP contribution is 2.19. The zero-order valence-corrected chi connectivity index (χ0v) is 12.8. The summed E-state index contributed by atoms with van der Waals surface area (Å²) in [5.74, 6) is 0.440. The Morgan fingerprint density at radius 1 is 1.33 bits per heavy atom. The Morgan fingerprint density at radius 3 is 2.71 bits per heavy atom. The van der Waals surface area contributed by atoms with Crippen LogP contribution in [0.4, 0.5) is 5.69 Å². The molecule has 2 unspecified atom stereocenters. The monoisotopic (exact) mass is 289 g/mol. The van der Waals surface area contributed by atoms with Crippen LogP contribution < -0.4 is 16.0 Å². The van der Waals surface area contributed by atoms with Gasteiger partial charge in [0, 0.05) is 18.3 Å². The van der Waals surface area contributed by atoms with Gasteiger partial charge < -0.3 is 16.0 Å². The second-order valence-corrected chi connectivity index (χ2v) is 5.73. The number of nitrogens with one attached hydrogen (secondary N) is 3. The quantitative estimate of drug-likeness (QED) is 0.793. The molecular weight excluding hydrogens is 266 g/mol. The van der Waals surface area contributed by atoms with Crippen LogP contribution in [0.15, 0.2) is 18.2 Å². The van der Waals surface area contributed by atoms with Crippen molar-refractivity contribution in [3.8, 4) is 0 Å². The minimum atomic E-state index is -0.133. The average molecular weight is 289 g/mol. The molecule has 0 spiro atoms. The topological polar surface area (TPSA) is 70.2 Å². The summed E-state index contributed by atoms with van der Waals surface area (Å²) in [7, 11) is 1.60. The van der Waals surface area contributed by atoms with Gasteiger partial charge in [0.15, 0.2) is 0 Å². The number of piperidine rings is 1. The third-order valence-corrected chi connectivity index (χ3v) is 3.96. The van der Waals surface area contributed by atoms with E-state index in [4.69, 9.17) is 0 Å². The van der Waals surface area contributed by atoms with Crippen molar-refractivity contribution in [2.24, 2.45) is 5.92 Å². The van der Waals surface area contributed by atoms with Gasteiger partial charge in [-0.2, -0.15) is 0 Å². The van der Waals surface area contributed by atoms with E-state index in [-0.39, 0.29) is 17.9 Å². The van der Waals surface area contributed by atoms with Crippen molar-refractivity contribution in [2.75, 3.05) is 18.9 Å². The molecule has 1 aromatic rings. The zero-order valence-electron chi connectivity index (χ0n) is 12.8. The highest BCUT2D eigenvalue weighted by atomic mass is 16.2. The van der Waals surface area contributed by atoms with Gasteiger partial charge in [-0.1, -0.05) is 6.92 Å². The maximum Gasteiger partial charge on any atom is 0.251 e. The van der Waals surface area contributed by atoms with Crippen molar-refractivity contribution in [1.82, 2.24) is 10.6 Å². The van der Waals surface area contributed by atoms with Crippen LogP contribution in [0.25, 0.3) is 0 Å². The smallest absolute Gasteiger partial charge is 0.251 e. The first-order valence-corrected chi connectivity index (χ1v) is 7.38. The molecule has 1 fully saturated rings. The molecule has 0 aromatic heterocycles. The fourth-order valence-corrected chi connectivity index (χ4v) is 2.62. The molecule has 2 amide bonds. The maximum absolute atomic E-state index is 12.3. The van der Waals surface area contributed by atoms with E-state index in [0.717, 1.165) is 30.6 Å². The molecule has 3 N–H and O–H groups in total. The molecule has 1 aliphatic heterocycles. The lowest BCUT2D eigenvalue weighted by Crippen LogP contribution is -2.45. The summed E-state index contributed by atoms with van der Waals surface area (Å²) in [5, 5.41) is 8.79. The van der Waals surface area contributed by atoms with Crippen molar-refractivity contribution in [1.29, 1.82) is 0 Å². The van der Waals surface area contributed by atoms with Crippen molar-refractivity contribution in [3.05, 3.63) is 29.3 Å². The van der Waals surface area contributed by atoms with E-state index >= 15 is 0 Å². The number of rotatable bonds is 3. The Hall–Kier alpha value is -1.88. The molecule has 0 bridgehead atoms. The van der Waals surface area contributed by atoms with Gasteiger partial charge in [0.25, 0.3) is 5.91 Å². The first-order valence-electron chi connectivity index (χ1n) is 7.38. The van der Waals surface area contributed by atoms with Gasteiger partial charge in [0.05, 0.1) is 6.04 Å². The van der Waals surface area contributed by atoms with E-state index in [1.807, 2.05) is 6.92 Å². The largest absolute Gasteiger partial charge is 0.355 e. The van der Waals surface area contributed by atoms with E-state index < -0.39 is 0 Å². The summed E-state index contributed by atoms with van der Waals surface area (Å²) >= 11 is 0. The second-order valence-electron chi connectivity index (χ2n) is 5.73. The van der Waals surface area contributed by atoms with Crippen LogP contribution in [-0.4, -0.2) is 31.4 Å². The van der Waals surface area contributed by atoms with E-state index in [9.17, 15) is 9.59 Å². The van der Waals surface area contributed by atoms with Crippen molar-refractivity contribution in [2.45, 2.75) is 32.7 Å². The fraction of sp³-hybridized carbons (Fsp3) is 0.500. The lowest BCUT2D eigenvalue weighted by molar-refractivity contribution is -0.119. The number of benzene rings is 1. The van der Waals surface area contributed by atoms with Gasteiger partial charge in [-0.15, -0.1) is 0 Å². The highest BCUT2D eigenvalue weighted by molar-refractivity contribution is 5.98. The SMILES string of the molecule is CNC(=O)c1ccc(NC(=O)C2CC(C)CCN2)c(C)c1. The third-order valence-electron chi connectivity index (χ3n) is 3.96. The van der Waals surface area contributed by atoms with Crippen molar-refractivity contribution in [3.63, 3.8) is 0 Å². The van der Waals surface area contributed by atoms with Crippen LogP contribution >= 0.6 is 0 Å². The molecular formula is C16H23N3O2. The number of amides is 2. The van der Waals surface area contributed by atoms with Gasteiger partial charge in [0.2, 0.25) is 5.91 Å². The first kappa shape index (κ1) is 15.5. The second kappa shape index (κ2) is 6.72. The predicted molar refractivity (Wildman–Crippen MR) is 83.4 cm³/mol. The van der Waals surface area contributed by atoms with Gasteiger partial charge in [0.1, 0.15) is 0 Å². The molecule has 21 heavy (non-hydrogen) atoms. The van der Waals surface area contributed by atoms with Crippen LogP contribution in [0, 0.1) is 12.8 Å². The molecule has 0 aliphatic carbocycles. The average Bonchev–Trinajstić information content (AvgIpc) is 2.48. The van der Waals surface area contributed by atoms with Crippen LogP contribution in [0.1, 0.15) is 35.7 Å². The summed E-state index contributed by atoms with van der Waals surface area (Å²) in [4.78, 5) is 23.9. The normalized spacial score (nSPS) is 21.7. The van der Waals surface area contributed by atoms with Gasteiger partial charge in [-0.05, 0) is 56.0 Å². The van der Waals surface area contributed by atoms with Crippen LogP contribution in [0.2, 0.25) is 0 Å². The highest BCUT2D eigenvalue weighted by Gasteiger charge is 2.24. The number of hydrogen-bond acceptors (Lipinski definition) is 3. The lowest BCUT2D eigenvalue weighted by Gasteiger charge is -2.27. The van der Waals surface area contributed by atoms with E-state index in [1.165, 1.54) is 0 Å². The van der Waals surface area contributed by atoms with Gasteiger partial charge in [-0.3, -0.25) is 9.59 Å². The fourth-order valence-electron chi connectivity index (χ4n) is 2.62.